The molecule has 2 rings (SSSR count). The van der Waals surface area contributed by atoms with Gasteiger partial charge in [0.15, 0.2) is 5.13 Å². The lowest BCUT2D eigenvalue weighted by atomic mass is 9.85. The van der Waals surface area contributed by atoms with Crippen LogP contribution in [-0.2, 0) is 9.53 Å². The summed E-state index contributed by atoms with van der Waals surface area (Å²) in [4.78, 5) is 17.4. The molecule has 2 atom stereocenters. The average Bonchev–Trinajstić information content (AvgIpc) is 2.84. The fraction of sp³-hybridized carbons (Fsp3) is 0.667. The first kappa shape index (κ1) is 16.5. The Labute approximate surface area is 132 Å². The fourth-order valence-electron chi connectivity index (χ4n) is 2.38. The van der Waals surface area contributed by atoms with E-state index < -0.39 is 24.0 Å². The van der Waals surface area contributed by atoms with E-state index in [1.807, 2.05) is 0 Å². The first-order valence-electron chi connectivity index (χ1n) is 6.42. The van der Waals surface area contributed by atoms with Crippen LogP contribution in [0, 0.1) is 11.8 Å². The molecule has 1 aliphatic heterocycles. The van der Waals surface area contributed by atoms with Gasteiger partial charge in [0, 0.05) is 18.5 Å². The summed E-state index contributed by atoms with van der Waals surface area (Å²) >= 11 is 4.46. The van der Waals surface area contributed by atoms with Crippen LogP contribution in [0.4, 0.5) is 18.3 Å². The quantitative estimate of drug-likeness (QED) is 0.745. The topological polar surface area (TPSA) is 42.4 Å². The summed E-state index contributed by atoms with van der Waals surface area (Å²) < 4.78 is 45.0. The largest absolute Gasteiger partial charge is 0.466 e. The van der Waals surface area contributed by atoms with Crippen molar-refractivity contribution in [1.29, 1.82) is 0 Å². The first-order chi connectivity index (χ1) is 9.82. The molecule has 1 aliphatic rings. The highest BCUT2D eigenvalue weighted by Crippen LogP contribution is 2.40. The Bertz CT molecular complexity index is 509. The summed E-state index contributed by atoms with van der Waals surface area (Å²) in [7, 11) is 0. The van der Waals surface area contributed by atoms with Gasteiger partial charge in [-0.05, 0) is 29.3 Å². The van der Waals surface area contributed by atoms with Crippen molar-refractivity contribution >= 4 is 38.4 Å². The molecule has 9 heteroatoms. The number of piperidine rings is 1. The van der Waals surface area contributed by atoms with Crippen LogP contribution in [0.1, 0.15) is 13.3 Å². The zero-order valence-corrected chi connectivity index (χ0v) is 13.6. The van der Waals surface area contributed by atoms with Crippen LogP contribution in [0.2, 0.25) is 0 Å². The van der Waals surface area contributed by atoms with Gasteiger partial charge in [-0.15, -0.1) is 11.3 Å². The van der Waals surface area contributed by atoms with E-state index in [0.717, 1.165) is 0 Å². The molecule has 2 heterocycles. The van der Waals surface area contributed by atoms with Gasteiger partial charge in [-0.25, -0.2) is 4.98 Å². The molecule has 0 unspecified atom stereocenters. The molecule has 1 saturated heterocycles. The minimum absolute atomic E-state index is 0.0864. The van der Waals surface area contributed by atoms with E-state index >= 15 is 0 Å². The predicted molar refractivity (Wildman–Crippen MR) is 76.3 cm³/mol. The van der Waals surface area contributed by atoms with Crippen LogP contribution in [0.15, 0.2) is 9.98 Å². The van der Waals surface area contributed by atoms with Gasteiger partial charge in [0.2, 0.25) is 0 Å². The monoisotopic (exact) mass is 386 g/mol. The Balaban J connectivity index is 2.17. The van der Waals surface area contributed by atoms with E-state index in [1.165, 1.54) is 11.3 Å². The number of rotatable bonds is 3. The summed E-state index contributed by atoms with van der Waals surface area (Å²) in [5.41, 5.74) is 0. The maximum absolute atomic E-state index is 13.2. The minimum Gasteiger partial charge on any atom is -0.466 e. The van der Waals surface area contributed by atoms with Crippen LogP contribution < -0.4 is 4.90 Å². The summed E-state index contributed by atoms with van der Waals surface area (Å²) in [5.74, 6) is -3.63. The zero-order chi connectivity index (χ0) is 15.6. The molecule has 1 fully saturated rings. The van der Waals surface area contributed by atoms with Crippen molar-refractivity contribution in [1.82, 2.24) is 4.98 Å². The normalized spacial score (nSPS) is 23.2. The van der Waals surface area contributed by atoms with Crippen LogP contribution in [0.25, 0.3) is 0 Å². The minimum atomic E-state index is -4.44. The van der Waals surface area contributed by atoms with Crippen LogP contribution in [-0.4, -0.2) is 36.8 Å². The van der Waals surface area contributed by atoms with E-state index in [9.17, 15) is 18.0 Å². The summed E-state index contributed by atoms with van der Waals surface area (Å²) in [6.07, 6.45) is -4.33. The number of nitrogens with zero attached hydrogens (tertiary/aromatic N) is 2. The maximum Gasteiger partial charge on any atom is 0.394 e. The van der Waals surface area contributed by atoms with Gasteiger partial charge in [0.1, 0.15) is 4.60 Å². The molecule has 21 heavy (non-hydrogen) atoms. The lowest BCUT2D eigenvalue weighted by Crippen LogP contribution is -2.49. The van der Waals surface area contributed by atoms with Crippen molar-refractivity contribution in [2.45, 2.75) is 19.5 Å². The van der Waals surface area contributed by atoms with Gasteiger partial charge in [-0.2, -0.15) is 13.2 Å². The van der Waals surface area contributed by atoms with E-state index in [0.29, 0.717) is 16.3 Å². The molecule has 0 spiro atoms. The van der Waals surface area contributed by atoms with Crippen LogP contribution >= 0.6 is 27.3 Å². The smallest absolute Gasteiger partial charge is 0.394 e. The van der Waals surface area contributed by atoms with Crippen LogP contribution in [0.5, 0.6) is 0 Å². The number of ether oxygens (including phenoxy) is 1. The maximum atomic E-state index is 13.2. The van der Waals surface area contributed by atoms with Crippen molar-refractivity contribution in [2.24, 2.45) is 11.8 Å². The molecule has 0 bridgehead atoms. The highest BCUT2D eigenvalue weighted by Gasteiger charge is 2.50. The van der Waals surface area contributed by atoms with Gasteiger partial charge < -0.3 is 9.64 Å². The van der Waals surface area contributed by atoms with E-state index in [4.69, 9.17) is 4.74 Å². The molecule has 0 amide bonds. The second-order valence-electron chi connectivity index (χ2n) is 4.69. The molecule has 0 aromatic carbocycles. The van der Waals surface area contributed by atoms with Gasteiger partial charge in [-0.3, -0.25) is 4.79 Å². The molecule has 1 aromatic heterocycles. The van der Waals surface area contributed by atoms with Crippen molar-refractivity contribution < 1.29 is 22.7 Å². The number of anilines is 1. The highest BCUT2D eigenvalue weighted by atomic mass is 79.9. The number of carbonyl (C=O) groups is 1. The summed E-state index contributed by atoms with van der Waals surface area (Å²) in [6, 6.07) is 0. The van der Waals surface area contributed by atoms with Crippen LogP contribution in [0.3, 0.4) is 0 Å². The molecule has 0 aliphatic carbocycles. The Morgan fingerprint density at radius 1 is 1.62 bits per heavy atom. The van der Waals surface area contributed by atoms with Gasteiger partial charge >= 0.3 is 12.1 Å². The second-order valence-corrected chi connectivity index (χ2v) is 6.34. The standard InChI is InChI=1S/C12H14BrF3N2O2S/c1-2-20-10(19)7-3-4-18(5-8(7)12(14,15)16)11-17-9(13)6-21-11/h6-8H,2-5H2,1H3/t7-,8-/m1/s1. The molecule has 4 nitrogen and oxygen atoms in total. The number of halogens is 4. The van der Waals surface area contributed by atoms with Crippen molar-refractivity contribution in [3.8, 4) is 0 Å². The zero-order valence-electron chi connectivity index (χ0n) is 11.2. The predicted octanol–water partition coefficient (Wildman–Crippen LogP) is 3.47. The van der Waals surface area contributed by atoms with E-state index in [-0.39, 0.29) is 19.6 Å². The van der Waals surface area contributed by atoms with Gasteiger partial charge in [-0.1, -0.05) is 0 Å². The number of carbonyl (C=O) groups excluding carboxylic acids is 1. The number of hydrogen-bond acceptors (Lipinski definition) is 5. The molecule has 0 radical (unpaired) electrons. The third-order valence-corrected chi connectivity index (χ3v) is 4.97. The Morgan fingerprint density at radius 3 is 2.86 bits per heavy atom. The molecule has 118 valence electrons. The fourth-order valence-corrected chi connectivity index (χ4v) is 3.67. The van der Waals surface area contributed by atoms with E-state index in [2.05, 4.69) is 20.9 Å². The summed E-state index contributed by atoms with van der Waals surface area (Å²) in [5, 5.41) is 2.24. The SMILES string of the molecule is CCOC(=O)[C@@H]1CCN(c2nc(Br)cs2)C[C@H]1C(F)(F)F. The van der Waals surface area contributed by atoms with Gasteiger partial charge in [0.05, 0.1) is 18.4 Å². The lowest BCUT2D eigenvalue weighted by Gasteiger charge is -2.38. The number of alkyl halides is 3. The van der Waals surface area contributed by atoms with Crippen molar-refractivity contribution in [3.05, 3.63) is 9.98 Å². The highest BCUT2D eigenvalue weighted by molar-refractivity contribution is 9.10. The van der Waals surface area contributed by atoms with Crippen molar-refractivity contribution in [2.75, 3.05) is 24.6 Å². The first-order valence-corrected chi connectivity index (χ1v) is 8.09. The molecular formula is C12H14BrF3N2O2S. The number of thiazole rings is 1. The number of hydrogen-bond donors (Lipinski definition) is 0. The Kier molecular flexibility index (Phi) is 5.13. The second kappa shape index (κ2) is 6.51. The molecule has 0 N–H and O–H groups in total. The molecule has 0 saturated carbocycles. The Morgan fingerprint density at radius 2 is 2.33 bits per heavy atom. The summed E-state index contributed by atoms with van der Waals surface area (Å²) in [6.45, 7) is 1.76. The van der Waals surface area contributed by atoms with E-state index in [1.54, 1.807) is 17.2 Å². The van der Waals surface area contributed by atoms with Crippen molar-refractivity contribution in [3.63, 3.8) is 0 Å². The third-order valence-electron chi connectivity index (χ3n) is 3.36. The molecular weight excluding hydrogens is 373 g/mol. The van der Waals surface area contributed by atoms with Gasteiger partial charge in [0.25, 0.3) is 0 Å². The average molecular weight is 387 g/mol. The molecule has 1 aromatic rings. The lowest BCUT2D eigenvalue weighted by molar-refractivity contribution is -0.199. The number of esters is 1. The third kappa shape index (κ3) is 3.88. The Hall–Kier alpha value is -0.830. The number of aromatic nitrogens is 1.